The van der Waals surface area contributed by atoms with Crippen LogP contribution in [0.15, 0.2) is 91.1 Å². The largest absolute Gasteiger partial charge is 0.465 e. The quantitative estimate of drug-likeness (QED) is 0.102. The molecule has 0 saturated carbocycles. The van der Waals surface area contributed by atoms with E-state index in [1.807, 2.05) is 0 Å². The number of hydrogen-bond acceptors (Lipinski definition) is 9. The number of carbonyl (C=O) groups is 5. The molecule has 4 aromatic rings. The number of amides is 2. The maximum absolute atomic E-state index is 13.6. The van der Waals surface area contributed by atoms with Crippen molar-refractivity contribution in [3.8, 4) is 11.1 Å². The van der Waals surface area contributed by atoms with Gasteiger partial charge in [-0.05, 0) is 73.0 Å². The summed E-state index contributed by atoms with van der Waals surface area (Å²) in [6, 6.07) is 19.5. The zero-order valence-electron chi connectivity index (χ0n) is 28.8. The fourth-order valence-corrected chi connectivity index (χ4v) is 5.20. The van der Waals surface area contributed by atoms with Crippen LogP contribution < -0.4 is 5.32 Å². The van der Waals surface area contributed by atoms with Crippen LogP contribution in [0.5, 0.6) is 0 Å². The topological polar surface area (TPSA) is 141 Å². The van der Waals surface area contributed by atoms with Gasteiger partial charge in [0.15, 0.2) is 0 Å². The molecule has 0 aliphatic carbocycles. The SMILES string of the molecule is CCOC(=O)C(COC(=O)Cc1ccc(NC(=O)c2ccccc2-c2ccc(C(F)(F)F)cc2)c(C(=O)N(C)C)c1)(C(=O)OCC)c1ccccn1. The smallest absolute Gasteiger partial charge is 0.416 e. The summed E-state index contributed by atoms with van der Waals surface area (Å²) < 4.78 is 55.2. The number of anilines is 1. The number of benzene rings is 3. The van der Waals surface area contributed by atoms with Crippen LogP contribution in [-0.2, 0) is 46.6 Å². The van der Waals surface area contributed by atoms with Gasteiger partial charge in [-0.2, -0.15) is 13.2 Å². The maximum Gasteiger partial charge on any atom is 0.416 e. The van der Waals surface area contributed by atoms with Crippen molar-refractivity contribution in [3.63, 3.8) is 0 Å². The molecule has 272 valence electrons. The molecule has 14 heteroatoms. The van der Waals surface area contributed by atoms with E-state index in [9.17, 15) is 37.1 Å². The predicted octanol–water partition coefficient (Wildman–Crippen LogP) is 5.87. The first-order chi connectivity index (χ1) is 24.7. The van der Waals surface area contributed by atoms with E-state index >= 15 is 0 Å². The zero-order valence-corrected chi connectivity index (χ0v) is 28.8. The molecule has 0 bridgehead atoms. The average Bonchev–Trinajstić information content (AvgIpc) is 3.12. The van der Waals surface area contributed by atoms with Crippen molar-refractivity contribution in [2.75, 3.05) is 39.2 Å². The summed E-state index contributed by atoms with van der Waals surface area (Å²) in [5.41, 5.74) is -1.79. The Kier molecular flexibility index (Phi) is 12.5. The number of esters is 3. The lowest BCUT2D eigenvalue weighted by Crippen LogP contribution is -2.51. The van der Waals surface area contributed by atoms with Crippen LogP contribution in [0.1, 0.15) is 51.4 Å². The van der Waals surface area contributed by atoms with E-state index in [-0.39, 0.29) is 35.7 Å². The van der Waals surface area contributed by atoms with Gasteiger partial charge in [0.2, 0.25) is 5.41 Å². The number of carbonyl (C=O) groups excluding carboxylic acids is 5. The molecule has 1 heterocycles. The van der Waals surface area contributed by atoms with E-state index in [2.05, 4.69) is 10.3 Å². The minimum atomic E-state index is -4.52. The van der Waals surface area contributed by atoms with Crippen molar-refractivity contribution in [2.45, 2.75) is 31.9 Å². The summed E-state index contributed by atoms with van der Waals surface area (Å²) >= 11 is 0. The Morgan fingerprint density at radius 2 is 1.40 bits per heavy atom. The molecule has 0 saturated heterocycles. The van der Waals surface area contributed by atoms with Crippen LogP contribution in [0.3, 0.4) is 0 Å². The highest BCUT2D eigenvalue weighted by Gasteiger charge is 2.53. The van der Waals surface area contributed by atoms with Gasteiger partial charge < -0.3 is 24.4 Å². The second-order valence-corrected chi connectivity index (χ2v) is 11.6. The summed E-state index contributed by atoms with van der Waals surface area (Å²) in [4.78, 5) is 71.9. The Labute approximate surface area is 297 Å². The van der Waals surface area contributed by atoms with Crippen LogP contribution in [-0.4, -0.2) is 73.5 Å². The Hall–Kier alpha value is -6.05. The van der Waals surface area contributed by atoms with Crippen molar-refractivity contribution < 1.29 is 51.4 Å². The predicted molar refractivity (Wildman–Crippen MR) is 183 cm³/mol. The number of hydrogen-bond donors (Lipinski definition) is 1. The highest BCUT2D eigenvalue weighted by molar-refractivity contribution is 6.12. The molecular weight excluding hydrogens is 683 g/mol. The van der Waals surface area contributed by atoms with E-state index in [0.717, 1.165) is 12.1 Å². The van der Waals surface area contributed by atoms with Crippen molar-refractivity contribution in [1.82, 2.24) is 9.88 Å². The molecule has 2 amide bonds. The van der Waals surface area contributed by atoms with Gasteiger partial charge >= 0.3 is 24.1 Å². The normalized spacial score (nSPS) is 11.3. The summed E-state index contributed by atoms with van der Waals surface area (Å²) in [5, 5.41) is 2.71. The van der Waals surface area contributed by atoms with Crippen molar-refractivity contribution in [2.24, 2.45) is 0 Å². The Balaban J connectivity index is 1.60. The van der Waals surface area contributed by atoms with Gasteiger partial charge in [-0.15, -0.1) is 0 Å². The Morgan fingerprint density at radius 1 is 0.769 bits per heavy atom. The molecule has 0 unspecified atom stereocenters. The second-order valence-electron chi connectivity index (χ2n) is 11.6. The number of nitrogens with one attached hydrogen (secondary N) is 1. The second kappa shape index (κ2) is 16.8. The number of pyridine rings is 1. The number of rotatable bonds is 13. The zero-order chi connectivity index (χ0) is 38.1. The minimum Gasteiger partial charge on any atom is -0.465 e. The van der Waals surface area contributed by atoms with Crippen LogP contribution in [0.25, 0.3) is 11.1 Å². The number of aromatic nitrogens is 1. The highest BCUT2D eigenvalue weighted by atomic mass is 19.4. The number of halogens is 3. The van der Waals surface area contributed by atoms with Crippen molar-refractivity contribution in [1.29, 1.82) is 0 Å². The molecule has 1 N–H and O–H groups in total. The van der Waals surface area contributed by atoms with E-state index in [0.29, 0.717) is 16.7 Å². The molecule has 0 atom stereocenters. The highest BCUT2D eigenvalue weighted by Crippen LogP contribution is 2.33. The lowest BCUT2D eigenvalue weighted by molar-refractivity contribution is -0.170. The van der Waals surface area contributed by atoms with Gasteiger partial charge in [0, 0.05) is 25.9 Å². The maximum atomic E-state index is 13.6. The van der Waals surface area contributed by atoms with E-state index in [4.69, 9.17) is 14.2 Å². The minimum absolute atomic E-state index is 0.0246. The Morgan fingerprint density at radius 3 is 1.98 bits per heavy atom. The van der Waals surface area contributed by atoms with Gasteiger partial charge in [0.25, 0.3) is 11.8 Å². The van der Waals surface area contributed by atoms with Crippen LogP contribution in [0.2, 0.25) is 0 Å². The molecule has 3 aromatic carbocycles. The first kappa shape index (κ1) is 38.7. The molecule has 0 aliphatic heterocycles. The lowest BCUT2D eigenvalue weighted by atomic mass is 9.84. The summed E-state index contributed by atoms with van der Waals surface area (Å²) in [6.45, 7) is 2.17. The Bertz CT molecular complexity index is 1910. The van der Waals surface area contributed by atoms with Gasteiger partial charge in [-0.25, -0.2) is 0 Å². The molecule has 0 radical (unpaired) electrons. The van der Waals surface area contributed by atoms with E-state index < -0.39 is 59.9 Å². The van der Waals surface area contributed by atoms with Gasteiger partial charge in [-0.1, -0.05) is 42.5 Å². The fourth-order valence-electron chi connectivity index (χ4n) is 5.20. The van der Waals surface area contributed by atoms with Gasteiger partial charge in [0.05, 0.1) is 42.1 Å². The third-order valence-electron chi connectivity index (χ3n) is 7.81. The number of alkyl halides is 3. The fraction of sp³-hybridized carbons (Fsp3) is 0.263. The van der Waals surface area contributed by atoms with Crippen LogP contribution in [0, 0.1) is 0 Å². The number of ether oxygens (including phenoxy) is 3. The average molecular weight is 720 g/mol. The third kappa shape index (κ3) is 8.81. The lowest BCUT2D eigenvalue weighted by Gasteiger charge is -2.28. The molecule has 0 fully saturated rings. The summed E-state index contributed by atoms with van der Waals surface area (Å²) in [7, 11) is 2.99. The first-order valence-corrected chi connectivity index (χ1v) is 16.1. The standard InChI is InChI=1S/C38H36F3N3O8/c1-5-50-35(48)37(36(49)51-6-2,31-13-9-10-20-42-31)23-52-32(45)22-24-14-19-30(29(21-24)34(47)44(3)4)43-33(46)28-12-8-7-11-27(28)25-15-17-26(18-16-25)38(39,40)41/h7-21H,5-6,22-23H2,1-4H3,(H,43,46). The molecule has 11 nitrogen and oxygen atoms in total. The summed E-state index contributed by atoms with van der Waals surface area (Å²) in [6.07, 6.45) is -3.56. The molecule has 4 rings (SSSR count). The van der Waals surface area contributed by atoms with Crippen molar-refractivity contribution >= 4 is 35.4 Å². The van der Waals surface area contributed by atoms with E-state index in [1.54, 1.807) is 44.2 Å². The molecule has 52 heavy (non-hydrogen) atoms. The third-order valence-corrected chi connectivity index (χ3v) is 7.81. The first-order valence-electron chi connectivity index (χ1n) is 16.1. The number of nitrogens with zero attached hydrogens (tertiary/aromatic N) is 2. The van der Waals surface area contributed by atoms with Crippen LogP contribution in [0.4, 0.5) is 18.9 Å². The molecular formula is C38H36F3N3O8. The molecule has 0 spiro atoms. The van der Waals surface area contributed by atoms with Crippen molar-refractivity contribution in [3.05, 3.63) is 119 Å². The van der Waals surface area contributed by atoms with Gasteiger partial charge in [-0.3, -0.25) is 29.0 Å². The molecule has 0 aliphatic rings. The van der Waals surface area contributed by atoms with E-state index in [1.165, 1.54) is 67.7 Å². The molecule has 1 aromatic heterocycles. The summed E-state index contributed by atoms with van der Waals surface area (Å²) in [5.74, 6) is -4.04. The van der Waals surface area contributed by atoms with Crippen LogP contribution >= 0.6 is 0 Å². The van der Waals surface area contributed by atoms with Gasteiger partial charge in [0.1, 0.15) is 6.61 Å². The monoisotopic (exact) mass is 719 g/mol.